The van der Waals surface area contributed by atoms with Gasteiger partial charge in [0.25, 0.3) is 0 Å². The van der Waals surface area contributed by atoms with E-state index in [9.17, 15) is 9.59 Å². The smallest absolute Gasteiger partial charge is 0.227 e. The fourth-order valence-corrected chi connectivity index (χ4v) is 6.40. The van der Waals surface area contributed by atoms with Crippen molar-refractivity contribution < 1.29 is 9.59 Å². The number of hydrogen-bond acceptors (Lipinski definition) is 3. The fraction of sp³-hybridized carbons (Fsp3) is 0.919. The van der Waals surface area contributed by atoms with E-state index in [1.54, 1.807) is 0 Å². The van der Waals surface area contributed by atoms with Crippen LogP contribution in [0.15, 0.2) is 4.99 Å². The minimum atomic E-state index is 0.259. The Bertz CT molecular complexity index is 632. The maximum absolute atomic E-state index is 13.1. The molecule has 1 aliphatic heterocycles. The molecule has 0 saturated carbocycles. The molecule has 0 aromatic carbocycles. The van der Waals surface area contributed by atoms with E-state index in [0.717, 1.165) is 50.9 Å². The van der Waals surface area contributed by atoms with Crippen LogP contribution in [-0.2, 0) is 9.59 Å². The molecule has 41 heavy (non-hydrogen) atoms. The molecule has 1 rings (SSSR count). The van der Waals surface area contributed by atoms with Gasteiger partial charge in [0.1, 0.15) is 12.1 Å². The van der Waals surface area contributed by atoms with Gasteiger partial charge in [0.05, 0.1) is 6.54 Å². The largest absolute Gasteiger partial charge is 0.303 e. The lowest BCUT2D eigenvalue weighted by Gasteiger charge is -2.25. The van der Waals surface area contributed by atoms with Crippen LogP contribution in [0.1, 0.15) is 200 Å². The third kappa shape index (κ3) is 21.2. The van der Waals surface area contributed by atoms with Gasteiger partial charge in [-0.25, -0.2) is 0 Å². The van der Waals surface area contributed by atoms with Crippen LogP contribution >= 0.6 is 0 Å². The first kappa shape index (κ1) is 37.8. The lowest BCUT2D eigenvalue weighted by molar-refractivity contribution is -0.127. The van der Waals surface area contributed by atoms with Crippen molar-refractivity contribution in [3.05, 3.63) is 0 Å². The molecule has 0 radical (unpaired) electrons. The number of unbranched alkanes of at least 4 members (excludes halogenated alkanes) is 23. The summed E-state index contributed by atoms with van der Waals surface area (Å²) in [5.41, 5.74) is 0. The summed E-state index contributed by atoms with van der Waals surface area (Å²) in [5.74, 6) is 1.52. The van der Waals surface area contributed by atoms with Crippen molar-refractivity contribution in [1.29, 1.82) is 0 Å². The second-order valence-corrected chi connectivity index (χ2v) is 12.9. The van der Waals surface area contributed by atoms with Crippen LogP contribution in [0.4, 0.5) is 0 Å². The molecule has 240 valence electrons. The van der Waals surface area contributed by atoms with Crippen molar-refractivity contribution >= 4 is 18.0 Å². The van der Waals surface area contributed by atoms with Gasteiger partial charge in [-0.3, -0.25) is 14.7 Å². The monoisotopic (exact) mass is 575 g/mol. The van der Waals surface area contributed by atoms with E-state index in [2.05, 4.69) is 13.8 Å². The number of carbonyl (C=O) groups excluding carboxylic acids is 2. The van der Waals surface area contributed by atoms with Crippen LogP contribution in [0.25, 0.3) is 0 Å². The molecular formula is C37H70N2O2. The van der Waals surface area contributed by atoms with E-state index in [4.69, 9.17) is 4.99 Å². The molecule has 0 bridgehead atoms. The second kappa shape index (κ2) is 28.9. The fourth-order valence-electron chi connectivity index (χ4n) is 6.40. The van der Waals surface area contributed by atoms with Crippen molar-refractivity contribution in [3.63, 3.8) is 0 Å². The third-order valence-corrected chi connectivity index (χ3v) is 9.07. The van der Waals surface area contributed by atoms with E-state index in [-0.39, 0.29) is 11.8 Å². The Kier molecular flexibility index (Phi) is 26.7. The summed E-state index contributed by atoms with van der Waals surface area (Å²) >= 11 is 0. The quantitative estimate of drug-likeness (QED) is 0.0610. The van der Waals surface area contributed by atoms with Gasteiger partial charge in [-0.15, -0.1) is 0 Å². The van der Waals surface area contributed by atoms with Gasteiger partial charge in [0.15, 0.2) is 0 Å². The minimum Gasteiger partial charge on any atom is -0.303 e. The number of nitrogens with zero attached hydrogens (tertiary/aromatic N) is 2. The molecule has 4 nitrogen and oxygen atoms in total. The molecule has 0 spiro atoms. The zero-order valence-corrected chi connectivity index (χ0v) is 27.8. The van der Waals surface area contributed by atoms with Crippen LogP contribution in [0.2, 0.25) is 0 Å². The van der Waals surface area contributed by atoms with Crippen molar-refractivity contribution in [2.45, 2.75) is 200 Å². The molecule has 1 atom stereocenters. The second-order valence-electron chi connectivity index (χ2n) is 12.9. The van der Waals surface area contributed by atoms with E-state index in [0.29, 0.717) is 12.8 Å². The molecule has 0 saturated heterocycles. The van der Waals surface area contributed by atoms with Crippen molar-refractivity contribution in [2.24, 2.45) is 10.9 Å². The predicted molar refractivity (Wildman–Crippen MR) is 179 cm³/mol. The van der Waals surface area contributed by atoms with Crippen LogP contribution in [0.3, 0.4) is 0 Å². The van der Waals surface area contributed by atoms with E-state index >= 15 is 0 Å². The standard InChI is InChI=1S/C37H70N2O2/c1-3-5-7-9-11-13-15-17-19-21-23-25-27-31-36(41)39-33-32-38-37(39)35(30-28-34-40)29-26-24-22-20-18-16-14-12-10-8-6-4-2/h34-35H,3-33H2,1-2H3. The van der Waals surface area contributed by atoms with Crippen LogP contribution in [-0.4, -0.2) is 36.0 Å². The summed E-state index contributed by atoms with van der Waals surface area (Å²) in [6, 6.07) is 0. The lowest BCUT2D eigenvalue weighted by atomic mass is 9.93. The summed E-state index contributed by atoms with van der Waals surface area (Å²) in [6.07, 6.45) is 37.6. The molecule has 1 aliphatic rings. The maximum atomic E-state index is 13.1. The van der Waals surface area contributed by atoms with Gasteiger partial charge < -0.3 is 4.79 Å². The molecule has 0 aromatic rings. The number of hydrogen-bond donors (Lipinski definition) is 0. The highest BCUT2D eigenvalue weighted by atomic mass is 16.2. The molecule has 4 heteroatoms. The minimum absolute atomic E-state index is 0.259. The summed E-state index contributed by atoms with van der Waals surface area (Å²) < 4.78 is 0. The topological polar surface area (TPSA) is 49.7 Å². The van der Waals surface area contributed by atoms with Crippen molar-refractivity contribution in [1.82, 2.24) is 4.90 Å². The van der Waals surface area contributed by atoms with Crippen molar-refractivity contribution in [3.8, 4) is 0 Å². The number of carbonyl (C=O) groups is 2. The highest BCUT2D eigenvalue weighted by Crippen LogP contribution is 2.24. The first-order chi connectivity index (χ1) is 20.2. The number of aldehydes is 1. The Morgan fingerprint density at radius 2 is 1.05 bits per heavy atom. The Hall–Kier alpha value is -1.19. The Morgan fingerprint density at radius 3 is 1.49 bits per heavy atom. The lowest BCUT2D eigenvalue weighted by Crippen LogP contribution is -2.38. The van der Waals surface area contributed by atoms with Gasteiger partial charge in [-0.05, 0) is 19.3 Å². The van der Waals surface area contributed by atoms with Crippen LogP contribution < -0.4 is 0 Å². The molecular weight excluding hydrogens is 504 g/mol. The summed E-state index contributed by atoms with van der Waals surface area (Å²) in [5, 5.41) is 0. The van der Waals surface area contributed by atoms with Gasteiger partial charge in [-0.1, -0.05) is 168 Å². The van der Waals surface area contributed by atoms with Gasteiger partial charge in [0, 0.05) is 25.3 Å². The highest BCUT2D eigenvalue weighted by Gasteiger charge is 2.29. The number of rotatable bonds is 31. The van der Waals surface area contributed by atoms with E-state index < -0.39 is 0 Å². The summed E-state index contributed by atoms with van der Waals surface area (Å²) in [6.45, 7) is 6.03. The number of aliphatic imine (C=N–C) groups is 1. The maximum Gasteiger partial charge on any atom is 0.227 e. The Balaban J connectivity index is 2.16. The van der Waals surface area contributed by atoms with Gasteiger partial charge in [-0.2, -0.15) is 0 Å². The number of amides is 1. The molecule has 0 N–H and O–H groups in total. The Morgan fingerprint density at radius 1 is 0.634 bits per heavy atom. The summed E-state index contributed by atoms with van der Waals surface area (Å²) in [4.78, 5) is 31.0. The molecule has 0 aliphatic carbocycles. The molecule has 1 unspecified atom stereocenters. The van der Waals surface area contributed by atoms with Gasteiger partial charge >= 0.3 is 0 Å². The zero-order valence-electron chi connectivity index (χ0n) is 27.8. The predicted octanol–water partition coefficient (Wildman–Crippen LogP) is 11.4. The van der Waals surface area contributed by atoms with Crippen LogP contribution in [0.5, 0.6) is 0 Å². The molecule has 1 amide bonds. The third-order valence-electron chi connectivity index (χ3n) is 9.07. The number of amidine groups is 1. The van der Waals surface area contributed by atoms with Crippen molar-refractivity contribution in [2.75, 3.05) is 13.1 Å². The molecule has 0 aromatic heterocycles. The first-order valence-corrected chi connectivity index (χ1v) is 18.5. The molecule has 1 heterocycles. The van der Waals surface area contributed by atoms with Crippen LogP contribution in [0, 0.1) is 5.92 Å². The Labute approximate surface area is 256 Å². The van der Waals surface area contributed by atoms with E-state index in [1.807, 2.05) is 4.90 Å². The average molecular weight is 575 g/mol. The first-order valence-electron chi connectivity index (χ1n) is 18.5. The SMILES string of the molecule is CCCCCCCCCCCCCCCC(=O)N1CCN=C1C(CCC=O)CCCCCCCCCCCCCC. The highest BCUT2D eigenvalue weighted by molar-refractivity contribution is 6.00. The summed E-state index contributed by atoms with van der Waals surface area (Å²) in [7, 11) is 0. The van der Waals surface area contributed by atoms with Gasteiger partial charge in [0.2, 0.25) is 5.91 Å². The average Bonchev–Trinajstić information content (AvgIpc) is 3.47. The normalized spacial score (nSPS) is 14.0. The zero-order chi connectivity index (χ0) is 29.6. The molecule has 0 fully saturated rings. The van der Waals surface area contributed by atoms with E-state index in [1.165, 1.54) is 148 Å².